The number of carbonyl (C=O) groups is 1. The maximum Gasteiger partial charge on any atom is 0.255 e. The van der Waals surface area contributed by atoms with E-state index in [1.165, 1.54) is 4.31 Å². The highest BCUT2D eigenvalue weighted by Gasteiger charge is 2.31. The maximum atomic E-state index is 13.0. The van der Waals surface area contributed by atoms with Crippen LogP contribution in [0.4, 0.5) is 0 Å². The first-order valence-electron chi connectivity index (χ1n) is 8.88. The van der Waals surface area contributed by atoms with Crippen LogP contribution in [0.25, 0.3) is 0 Å². The van der Waals surface area contributed by atoms with Crippen molar-refractivity contribution in [2.45, 2.75) is 43.9 Å². The van der Waals surface area contributed by atoms with Gasteiger partial charge in [-0.15, -0.1) is 0 Å². The van der Waals surface area contributed by atoms with E-state index >= 15 is 0 Å². The SMILES string of the molecule is CC1CCN(C(=O)c2ccccc2S(=O)(=O)N2CCCCC2)CC1. The molecule has 2 fully saturated rings. The molecule has 0 spiro atoms. The van der Waals surface area contributed by atoms with Crippen molar-refractivity contribution in [2.75, 3.05) is 26.2 Å². The molecule has 1 aromatic rings. The summed E-state index contributed by atoms with van der Waals surface area (Å²) in [6.45, 7) is 4.70. The number of benzene rings is 1. The van der Waals surface area contributed by atoms with Crippen LogP contribution in [0.2, 0.25) is 0 Å². The Hall–Kier alpha value is -1.40. The first-order valence-corrected chi connectivity index (χ1v) is 10.3. The zero-order valence-electron chi connectivity index (χ0n) is 14.3. The van der Waals surface area contributed by atoms with E-state index in [1.807, 2.05) is 0 Å². The number of piperidine rings is 2. The van der Waals surface area contributed by atoms with Crippen LogP contribution in [0.5, 0.6) is 0 Å². The number of nitrogens with zero attached hydrogens (tertiary/aromatic N) is 2. The average Bonchev–Trinajstić information content (AvgIpc) is 2.62. The molecule has 5 nitrogen and oxygen atoms in total. The summed E-state index contributed by atoms with van der Waals surface area (Å²) in [6, 6.07) is 6.67. The Balaban J connectivity index is 1.89. The van der Waals surface area contributed by atoms with Gasteiger partial charge >= 0.3 is 0 Å². The zero-order chi connectivity index (χ0) is 17.2. The van der Waals surface area contributed by atoms with Gasteiger partial charge in [0.25, 0.3) is 5.91 Å². The lowest BCUT2D eigenvalue weighted by molar-refractivity contribution is 0.0693. The first-order chi connectivity index (χ1) is 11.5. The minimum atomic E-state index is -3.60. The summed E-state index contributed by atoms with van der Waals surface area (Å²) in [5.41, 5.74) is 0.317. The Labute approximate surface area is 144 Å². The highest BCUT2D eigenvalue weighted by Crippen LogP contribution is 2.26. The number of hydrogen-bond acceptors (Lipinski definition) is 3. The molecule has 2 heterocycles. The van der Waals surface area contributed by atoms with E-state index in [0.717, 1.165) is 32.1 Å². The molecule has 6 heteroatoms. The molecule has 0 saturated carbocycles. The minimum Gasteiger partial charge on any atom is -0.339 e. The molecule has 0 unspecified atom stereocenters. The second-order valence-corrected chi connectivity index (χ2v) is 8.84. The Bertz CT molecular complexity index is 688. The van der Waals surface area contributed by atoms with Gasteiger partial charge in [-0.1, -0.05) is 25.5 Å². The third-order valence-electron chi connectivity index (χ3n) is 5.12. The molecule has 3 rings (SSSR count). The van der Waals surface area contributed by atoms with E-state index in [9.17, 15) is 13.2 Å². The number of carbonyl (C=O) groups excluding carboxylic acids is 1. The summed E-state index contributed by atoms with van der Waals surface area (Å²) in [5.74, 6) is 0.472. The summed E-state index contributed by atoms with van der Waals surface area (Å²) < 4.78 is 27.5. The zero-order valence-corrected chi connectivity index (χ0v) is 15.1. The van der Waals surface area contributed by atoms with Crippen LogP contribution in [-0.4, -0.2) is 49.7 Å². The van der Waals surface area contributed by atoms with E-state index in [-0.39, 0.29) is 10.8 Å². The Kier molecular flexibility index (Phi) is 5.25. The summed E-state index contributed by atoms with van der Waals surface area (Å²) in [6.07, 6.45) is 4.80. The van der Waals surface area contributed by atoms with E-state index < -0.39 is 10.0 Å². The van der Waals surface area contributed by atoms with Crippen molar-refractivity contribution in [3.63, 3.8) is 0 Å². The van der Waals surface area contributed by atoms with Gasteiger partial charge in [0.1, 0.15) is 0 Å². The van der Waals surface area contributed by atoms with Crippen LogP contribution < -0.4 is 0 Å². The lowest BCUT2D eigenvalue weighted by Crippen LogP contribution is -2.40. The van der Waals surface area contributed by atoms with Gasteiger partial charge in [-0.3, -0.25) is 4.79 Å². The smallest absolute Gasteiger partial charge is 0.255 e. The molecule has 0 aromatic heterocycles. The predicted molar refractivity (Wildman–Crippen MR) is 93.4 cm³/mol. The number of rotatable bonds is 3. The van der Waals surface area contributed by atoms with Crippen LogP contribution in [0.15, 0.2) is 29.2 Å². The number of hydrogen-bond donors (Lipinski definition) is 0. The van der Waals surface area contributed by atoms with Gasteiger partial charge in [-0.2, -0.15) is 4.31 Å². The lowest BCUT2D eigenvalue weighted by atomic mass is 9.98. The van der Waals surface area contributed by atoms with E-state index in [4.69, 9.17) is 0 Å². The van der Waals surface area contributed by atoms with E-state index in [0.29, 0.717) is 37.7 Å². The molecular formula is C18H26N2O3S. The second-order valence-electron chi connectivity index (χ2n) is 6.94. The number of amides is 1. The molecule has 132 valence electrons. The summed E-state index contributed by atoms with van der Waals surface area (Å²) in [4.78, 5) is 14.9. The molecule has 2 aliphatic heterocycles. The molecule has 2 saturated heterocycles. The highest BCUT2D eigenvalue weighted by molar-refractivity contribution is 7.89. The molecule has 0 radical (unpaired) electrons. The summed E-state index contributed by atoms with van der Waals surface area (Å²) in [7, 11) is -3.60. The molecule has 24 heavy (non-hydrogen) atoms. The molecule has 0 atom stereocenters. The van der Waals surface area contributed by atoms with E-state index in [1.54, 1.807) is 29.2 Å². The van der Waals surface area contributed by atoms with Crippen LogP contribution in [0.1, 0.15) is 49.4 Å². The van der Waals surface area contributed by atoms with Gasteiger partial charge in [0.05, 0.1) is 10.5 Å². The van der Waals surface area contributed by atoms with Crippen molar-refractivity contribution in [3.05, 3.63) is 29.8 Å². The Morgan fingerprint density at radius 3 is 2.29 bits per heavy atom. The second kappa shape index (κ2) is 7.23. The van der Waals surface area contributed by atoms with Crippen molar-refractivity contribution < 1.29 is 13.2 Å². The quantitative estimate of drug-likeness (QED) is 0.842. The summed E-state index contributed by atoms with van der Waals surface area (Å²) in [5, 5.41) is 0. The molecule has 1 amide bonds. The largest absolute Gasteiger partial charge is 0.339 e. The van der Waals surface area contributed by atoms with Crippen molar-refractivity contribution in [3.8, 4) is 0 Å². The third-order valence-corrected chi connectivity index (χ3v) is 7.08. The Morgan fingerprint density at radius 1 is 1.00 bits per heavy atom. The number of sulfonamides is 1. The molecule has 0 bridgehead atoms. The van der Waals surface area contributed by atoms with Gasteiger partial charge in [0.2, 0.25) is 10.0 Å². The van der Waals surface area contributed by atoms with Crippen molar-refractivity contribution >= 4 is 15.9 Å². The molecule has 0 N–H and O–H groups in total. The fourth-order valence-corrected chi connectivity index (χ4v) is 5.20. The predicted octanol–water partition coefficient (Wildman–Crippen LogP) is 2.73. The molecule has 1 aromatic carbocycles. The van der Waals surface area contributed by atoms with Crippen molar-refractivity contribution in [2.24, 2.45) is 5.92 Å². The average molecular weight is 350 g/mol. The highest BCUT2D eigenvalue weighted by atomic mass is 32.2. The van der Waals surface area contributed by atoms with Gasteiger partial charge < -0.3 is 4.90 Å². The van der Waals surface area contributed by atoms with Crippen LogP contribution in [-0.2, 0) is 10.0 Å². The number of likely N-dealkylation sites (tertiary alicyclic amines) is 1. The van der Waals surface area contributed by atoms with Gasteiger partial charge in [-0.05, 0) is 43.7 Å². The van der Waals surface area contributed by atoms with Gasteiger partial charge in [0.15, 0.2) is 0 Å². The topological polar surface area (TPSA) is 57.7 Å². The third kappa shape index (κ3) is 3.49. The van der Waals surface area contributed by atoms with Crippen LogP contribution in [0.3, 0.4) is 0 Å². The fourth-order valence-electron chi connectivity index (χ4n) is 3.49. The lowest BCUT2D eigenvalue weighted by Gasteiger charge is -2.31. The summed E-state index contributed by atoms with van der Waals surface area (Å²) >= 11 is 0. The molecular weight excluding hydrogens is 324 g/mol. The first kappa shape index (κ1) is 17.4. The molecule has 2 aliphatic rings. The maximum absolute atomic E-state index is 13.0. The van der Waals surface area contributed by atoms with Crippen LogP contribution in [0, 0.1) is 5.92 Å². The normalized spacial score (nSPS) is 21.0. The van der Waals surface area contributed by atoms with E-state index in [2.05, 4.69) is 6.92 Å². The van der Waals surface area contributed by atoms with Gasteiger partial charge in [0, 0.05) is 26.2 Å². The minimum absolute atomic E-state index is 0.155. The van der Waals surface area contributed by atoms with Crippen molar-refractivity contribution in [1.82, 2.24) is 9.21 Å². The monoisotopic (exact) mass is 350 g/mol. The van der Waals surface area contributed by atoms with Gasteiger partial charge in [-0.25, -0.2) is 8.42 Å². The fraction of sp³-hybridized carbons (Fsp3) is 0.611. The van der Waals surface area contributed by atoms with Crippen LogP contribution >= 0.6 is 0 Å². The standard InChI is InChI=1S/C18H26N2O3S/c1-15-9-13-19(14-10-15)18(21)16-7-3-4-8-17(16)24(22,23)20-11-5-2-6-12-20/h3-4,7-8,15H,2,5-6,9-14H2,1H3. The van der Waals surface area contributed by atoms with Crippen molar-refractivity contribution in [1.29, 1.82) is 0 Å². The Morgan fingerprint density at radius 2 is 1.62 bits per heavy atom. The molecule has 0 aliphatic carbocycles.